The van der Waals surface area contributed by atoms with E-state index in [-0.39, 0.29) is 30.6 Å². The van der Waals surface area contributed by atoms with Crippen molar-refractivity contribution in [2.75, 3.05) is 19.1 Å². The van der Waals surface area contributed by atoms with Crippen LogP contribution in [-0.4, -0.2) is 78.1 Å². The van der Waals surface area contributed by atoms with Crippen molar-refractivity contribution < 1.29 is 37.2 Å². The Labute approximate surface area is 260 Å². The molecule has 3 aromatic rings. The number of nitrogens with one attached hydrogen (secondary N) is 2. The van der Waals surface area contributed by atoms with E-state index in [0.29, 0.717) is 24.2 Å². The predicted molar refractivity (Wildman–Crippen MR) is 169 cm³/mol. The lowest BCUT2D eigenvalue weighted by Crippen LogP contribution is -2.55. The number of aliphatic hydroxyl groups is 1. The minimum Gasteiger partial charge on any atom is -0.481 e. The van der Waals surface area contributed by atoms with E-state index in [9.17, 15) is 32.4 Å². The number of amides is 1. The van der Waals surface area contributed by atoms with Crippen molar-refractivity contribution in [2.45, 2.75) is 61.3 Å². The molecule has 1 fully saturated rings. The first-order valence-corrected chi connectivity index (χ1v) is 17.8. The summed E-state index contributed by atoms with van der Waals surface area (Å²) in [5, 5.41) is 25.9. The van der Waals surface area contributed by atoms with Crippen LogP contribution >= 0.6 is 0 Å². The maximum atomic E-state index is 13.7. The third-order valence-electron chi connectivity index (χ3n) is 8.19. The average Bonchev–Trinajstić information content (AvgIpc) is 2.99. The largest absolute Gasteiger partial charge is 0.481 e. The zero-order chi connectivity index (χ0) is 31.9. The fraction of sp³-hybridized carbons (Fsp3) is 0.438. The molecule has 3 aromatic carbocycles. The van der Waals surface area contributed by atoms with E-state index in [0.717, 1.165) is 22.6 Å². The second-order valence-corrected chi connectivity index (χ2v) is 14.7. The van der Waals surface area contributed by atoms with Crippen molar-refractivity contribution in [3.05, 3.63) is 78.4 Å². The molecule has 1 amide bonds. The summed E-state index contributed by atoms with van der Waals surface area (Å²) in [6, 6.07) is 19.7. The Bertz CT molecular complexity index is 1570. The van der Waals surface area contributed by atoms with Crippen molar-refractivity contribution in [2.24, 2.45) is 11.8 Å². The SMILES string of the molecule is COC1CCC(C(=O)O)C(CC(O)C(Cc2ccccc2)NC(=O)C(CS(=O)c2ccc3ccccc3c2)NS(C)(=O)=O)C1. The number of benzene rings is 3. The number of rotatable bonds is 14. The third-order valence-corrected chi connectivity index (χ3v) is 10.3. The number of methoxy groups -OCH3 is 1. The number of carbonyl (C=O) groups excluding carboxylic acids is 1. The summed E-state index contributed by atoms with van der Waals surface area (Å²) < 4.78 is 45.7. The minimum absolute atomic E-state index is 0.0990. The minimum atomic E-state index is -3.88. The second-order valence-electron chi connectivity index (χ2n) is 11.4. The summed E-state index contributed by atoms with van der Waals surface area (Å²) >= 11 is 0. The van der Waals surface area contributed by atoms with Gasteiger partial charge in [0.1, 0.15) is 6.04 Å². The van der Waals surface area contributed by atoms with Gasteiger partial charge < -0.3 is 20.3 Å². The first-order valence-electron chi connectivity index (χ1n) is 14.6. The van der Waals surface area contributed by atoms with Gasteiger partial charge in [0.15, 0.2) is 0 Å². The van der Waals surface area contributed by atoms with E-state index < -0.39 is 56.8 Å². The molecule has 1 aliphatic carbocycles. The van der Waals surface area contributed by atoms with Crippen LogP contribution in [0.2, 0.25) is 0 Å². The Balaban J connectivity index is 1.56. The number of sulfonamides is 1. The summed E-state index contributed by atoms with van der Waals surface area (Å²) in [6.07, 6.45) is 1.44. The quantitative estimate of drug-likeness (QED) is 0.209. The van der Waals surface area contributed by atoms with Crippen molar-refractivity contribution in [3.8, 4) is 0 Å². The number of aliphatic hydroxyl groups excluding tert-OH is 1. The molecule has 4 rings (SSSR count). The molecular weight excluding hydrogens is 604 g/mol. The molecule has 7 unspecified atom stereocenters. The van der Waals surface area contributed by atoms with Crippen molar-refractivity contribution in [3.63, 3.8) is 0 Å². The zero-order valence-electron chi connectivity index (χ0n) is 24.8. The van der Waals surface area contributed by atoms with E-state index in [4.69, 9.17) is 4.74 Å². The first kappa shape index (κ1) is 33.7. The standard InChI is InChI=1S/C32H40N2O8S2/c1-42-25-13-15-27(32(37)38)24(17-25)19-30(35)28(16-21-8-4-3-5-9-21)33-31(36)29(34-44(2,40)41)20-43(39)26-14-12-22-10-6-7-11-23(22)18-26/h3-12,14,18,24-25,27-30,34-35H,13,15-17,19-20H2,1-2H3,(H,33,36)(H,37,38). The van der Waals surface area contributed by atoms with Crippen LogP contribution in [0.1, 0.15) is 31.2 Å². The van der Waals surface area contributed by atoms with Gasteiger partial charge in [0, 0.05) is 12.0 Å². The van der Waals surface area contributed by atoms with Gasteiger partial charge in [-0.05, 0) is 66.5 Å². The molecule has 44 heavy (non-hydrogen) atoms. The smallest absolute Gasteiger partial charge is 0.306 e. The molecule has 0 radical (unpaired) electrons. The maximum absolute atomic E-state index is 13.7. The van der Waals surface area contributed by atoms with Crippen LogP contribution in [0, 0.1) is 11.8 Å². The molecule has 7 atom stereocenters. The molecule has 238 valence electrons. The Morgan fingerprint density at radius 2 is 1.70 bits per heavy atom. The van der Waals surface area contributed by atoms with Crippen molar-refractivity contribution >= 4 is 43.5 Å². The highest BCUT2D eigenvalue weighted by Crippen LogP contribution is 2.35. The number of carboxylic acid groups (broad SMARTS) is 1. The molecule has 1 aliphatic rings. The molecule has 0 spiro atoms. The maximum Gasteiger partial charge on any atom is 0.306 e. The molecule has 0 saturated heterocycles. The predicted octanol–water partition coefficient (Wildman–Crippen LogP) is 2.86. The molecule has 1 saturated carbocycles. The number of carboxylic acids is 1. The highest BCUT2D eigenvalue weighted by Gasteiger charge is 2.38. The number of hydrogen-bond acceptors (Lipinski definition) is 7. The first-order chi connectivity index (χ1) is 20.9. The van der Waals surface area contributed by atoms with Gasteiger partial charge in [-0.2, -0.15) is 0 Å². The Kier molecular flexibility index (Phi) is 11.7. The van der Waals surface area contributed by atoms with Crippen LogP contribution in [0.25, 0.3) is 10.8 Å². The molecule has 4 N–H and O–H groups in total. The summed E-state index contributed by atoms with van der Waals surface area (Å²) in [5.41, 5.74) is 0.817. The highest BCUT2D eigenvalue weighted by atomic mass is 32.2. The van der Waals surface area contributed by atoms with Crippen molar-refractivity contribution in [1.82, 2.24) is 10.0 Å². The average molecular weight is 645 g/mol. The number of hydrogen-bond donors (Lipinski definition) is 4. The monoisotopic (exact) mass is 644 g/mol. The molecule has 0 bridgehead atoms. The van der Waals surface area contributed by atoms with Crippen LogP contribution in [0.5, 0.6) is 0 Å². The van der Waals surface area contributed by atoms with E-state index in [1.54, 1.807) is 19.2 Å². The van der Waals surface area contributed by atoms with E-state index in [1.807, 2.05) is 60.7 Å². The second kappa shape index (κ2) is 15.2. The summed E-state index contributed by atoms with van der Waals surface area (Å²) in [6.45, 7) is 0. The van der Waals surface area contributed by atoms with Gasteiger partial charge in [0.05, 0.1) is 47.0 Å². The zero-order valence-corrected chi connectivity index (χ0v) is 26.4. The van der Waals surface area contributed by atoms with Gasteiger partial charge in [0.25, 0.3) is 0 Å². The van der Waals surface area contributed by atoms with Crippen molar-refractivity contribution in [1.29, 1.82) is 0 Å². The molecule has 0 aromatic heterocycles. The summed E-state index contributed by atoms with van der Waals surface area (Å²) in [7, 11) is -4.04. The summed E-state index contributed by atoms with van der Waals surface area (Å²) in [5.74, 6) is -3.05. The van der Waals surface area contributed by atoms with Crippen LogP contribution in [0.15, 0.2) is 77.7 Å². The van der Waals surface area contributed by atoms with Crippen LogP contribution < -0.4 is 10.0 Å². The van der Waals surface area contributed by atoms with Gasteiger partial charge in [-0.15, -0.1) is 0 Å². The van der Waals surface area contributed by atoms with Gasteiger partial charge >= 0.3 is 5.97 Å². The number of carbonyl (C=O) groups is 2. The van der Waals surface area contributed by atoms with Crippen LogP contribution in [0.4, 0.5) is 0 Å². The number of aliphatic carboxylic acids is 1. The Hall–Kier alpha value is -3.16. The Morgan fingerprint density at radius 1 is 1.02 bits per heavy atom. The lowest BCUT2D eigenvalue weighted by Gasteiger charge is -2.36. The number of ether oxygens (including phenoxy) is 1. The fourth-order valence-corrected chi connectivity index (χ4v) is 7.93. The molecular formula is C32H40N2O8S2. The van der Waals surface area contributed by atoms with E-state index in [2.05, 4.69) is 10.0 Å². The van der Waals surface area contributed by atoms with Gasteiger partial charge in [-0.25, -0.2) is 13.1 Å². The topological polar surface area (TPSA) is 159 Å². The molecule has 0 heterocycles. The normalized spacial score (nSPS) is 21.7. The fourth-order valence-electron chi connectivity index (χ4n) is 5.91. The lowest BCUT2D eigenvalue weighted by molar-refractivity contribution is -0.147. The highest BCUT2D eigenvalue weighted by molar-refractivity contribution is 7.89. The van der Waals surface area contributed by atoms with E-state index in [1.165, 1.54) is 0 Å². The van der Waals surface area contributed by atoms with Gasteiger partial charge in [-0.1, -0.05) is 60.7 Å². The number of fused-ring (bicyclic) bond motifs is 1. The Morgan fingerprint density at radius 3 is 2.36 bits per heavy atom. The molecule has 10 nitrogen and oxygen atoms in total. The third kappa shape index (κ3) is 9.42. The molecule has 12 heteroatoms. The van der Waals surface area contributed by atoms with E-state index >= 15 is 0 Å². The van der Waals surface area contributed by atoms with Gasteiger partial charge in [-0.3, -0.25) is 13.8 Å². The van der Waals surface area contributed by atoms with Gasteiger partial charge in [0.2, 0.25) is 15.9 Å². The van der Waals surface area contributed by atoms with Crippen LogP contribution in [-0.2, 0) is 41.6 Å². The summed E-state index contributed by atoms with van der Waals surface area (Å²) in [4.78, 5) is 26.1. The molecule has 0 aliphatic heterocycles. The lowest BCUT2D eigenvalue weighted by atomic mass is 9.74. The van der Waals surface area contributed by atoms with Crippen LogP contribution in [0.3, 0.4) is 0 Å².